The highest BCUT2D eigenvalue weighted by molar-refractivity contribution is 8.00. The van der Waals surface area contributed by atoms with Gasteiger partial charge < -0.3 is 9.84 Å². The van der Waals surface area contributed by atoms with E-state index in [0.717, 1.165) is 10.5 Å². The number of phenolic OH excluding ortho intramolecular Hbond substituents is 1. The van der Waals surface area contributed by atoms with Crippen molar-refractivity contribution in [2.75, 3.05) is 0 Å². The largest absolute Gasteiger partial charge is 0.504 e. The first kappa shape index (κ1) is 15.6. The van der Waals surface area contributed by atoms with E-state index < -0.39 is 0 Å². The van der Waals surface area contributed by atoms with Crippen molar-refractivity contribution in [2.45, 2.75) is 76.0 Å². The number of benzene rings is 1. The van der Waals surface area contributed by atoms with Crippen molar-refractivity contribution in [1.82, 2.24) is 0 Å². The first-order valence-electron chi connectivity index (χ1n) is 7.12. The summed E-state index contributed by atoms with van der Waals surface area (Å²) in [4.78, 5) is 0.768. The molecule has 0 amide bonds. The highest BCUT2D eigenvalue weighted by atomic mass is 32.2. The van der Waals surface area contributed by atoms with Gasteiger partial charge in [-0.05, 0) is 36.3 Å². The van der Waals surface area contributed by atoms with Crippen LogP contribution in [0.25, 0.3) is 0 Å². The van der Waals surface area contributed by atoms with Gasteiger partial charge in [0, 0.05) is 5.56 Å². The summed E-state index contributed by atoms with van der Waals surface area (Å²) in [6.45, 7) is 17.1. The molecule has 0 bridgehead atoms. The number of ether oxygens (including phenoxy) is 1. The fourth-order valence-corrected chi connectivity index (χ4v) is 3.79. The van der Waals surface area contributed by atoms with Crippen LogP contribution in [0.1, 0.15) is 66.5 Å². The number of phenols is 1. The van der Waals surface area contributed by atoms with E-state index in [1.165, 1.54) is 5.56 Å². The van der Waals surface area contributed by atoms with Gasteiger partial charge in [0.2, 0.25) is 0 Å². The lowest BCUT2D eigenvalue weighted by Crippen LogP contribution is -2.18. The number of fused-ring (bicyclic) bond motifs is 1. The molecule has 0 unspecified atom stereocenters. The Hall–Kier alpha value is -0.830. The van der Waals surface area contributed by atoms with Crippen molar-refractivity contribution < 1.29 is 9.84 Å². The molecular weight excluding hydrogens is 268 g/mol. The quantitative estimate of drug-likeness (QED) is 0.712. The molecule has 0 radical (unpaired) electrons. The van der Waals surface area contributed by atoms with E-state index in [-0.39, 0.29) is 15.8 Å². The van der Waals surface area contributed by atoms with E-state index in [0.29, 0.717) is 11.5 Å². The van der Waals surface area contributed by atoms with Crippen LogP contribution in [-0.2, 0) is 10.8 Å². The molecule has 0 aliphatic carbocycles. The maximum atomic E-state index is 10.6. The van der Waals surface area contributed by atoms with Crippen molar-refractivity contribution in [3.05, 3.63) is 17.2 Å². The first-order chi connectivity index (χ1) is 8.83. The van der Waals surface area contributed by atoms with E-state index in [2.05, 4.69) is 47.6 Å². The van der Waals surface area contributed by atoms with Crippen molar-refractivity contribution in [3.8, 4) is 11.5 Å². The molecule has 112 valence electrons. The van der Waals surface area contributed by atoms with Gasteiger partial charge in [-0.2, -0.15) is 0 Å². The maximum absolute atomic E-state index is 10.6. The zero-order valence-corrected chi connectivity index (χ0v) is 14.7. The number of hydrogen-bond donors (Lipinski definition) is 1. The summed E-state index contributed by atoms with van der Waals surface area (Å²) in [5, 5.41) is 10.6. The minimum Gasteiger partial charge on any atom is -0.504 e. The second-order valence-electron chi connectivity index (χ2n) is 8.08. The molecule has 0 spiro atoms. The monoisotopic (exact) mass is 294 g/mol. The Balaban J connectivity index is 2.76. The van der Waals surface area contributed by atoms with Gasteiger partial charge in [0.15, 0.2) is 16.4 Å². The van der Waals surface area contributed by atoms with Gasteiger partial charge in [-0.3, -0.25) is 0 Å². The molecule has 1 aromatic carbocycles. The Morgan fingerprint density at radius 1 is 1.00 bits per heavy atom. The predicted molar refractivity (Wildman–Crippen MR) is 86.1 cm³/mol. The number of hydrogen-bond acceptors (Lipinski definition) is 3. The van der Waals surface area contributed by atoms with E-state index in [1.807, 2.05) is 13.8 Å². The number of thioether (sulfide) groups is 1. The minimum atomic E-state index is -0.323. The molecule has 1 aliphatic heterocycles. The Kier molecular flexibility index (Phi) is 3.37. The smallest absolute Gasteiger partial charge is 0.177 e. The van der Waals surface area contributed by atoms with Crippen LogP contribution in [0.5, 0.6) is 11.5 Å². The summed E-state index contributed by atoms with van der Waals surface area (Å²) < 4.78 is 6.01. The molecule has 1 N–H and O–H groups in total. The zero-order valence-electron chi connectivity index (χ0n) is 13.8. The topological polar surface area (TPSA) is 29.5 Å². The van der Waals surface area contributed by atoms with Crippen molar-refractivity contribution in [1.29, 1.82) is 0 Å². The van der Waals surface area contributed by atoms with E-state index >= 15 is 0 Å². The molecular formula is C17H26O2S. The molecule has 0 saturated heterocycles. The van der Waals surface area contributed by atoms with Crippen LogP contribution in [0.4, 0.5) is 0 Å². The normalized spacial score (nSPS) is 17.8. The van der Waals surface area contributed by atoms with Gasteiger partial charge in [-0.15, -0.1) is 0 Å². The highest BCUT2D eigenvalue weighted by Gasteiger charge is 2.39. The average Bonchev–Trinajstić information content (AvgIpc) is 2.50. The highest BCUT2D eigenvalue weighted by Crippen LogP contribution is 2.57. The van der Waals surface area contributed by atoms with Crippen LogP contribution in [0.2, 0.25) is 0 Å². The zero-order chi connectivity index (χ0) is 15.5. The summed E-state index contributed by atoms with van der Waals surface area (Å²) in [6, 6.07) is 2.16. The van der Waals surface area contributed by atoms with Crippen molar-refractivity contribution in [3.63, 3.8) is 0 Å². The van der Waals surface area contributed by atoms with Gasteiger partial charge in [-0.1, -0.05) is 53.3 Å². The fraction of sp³-hybridized carbons (Fsp3) is 0.647. The minimum absolute atomic E-state index is 0.0224. The second-order valence-corrected chi connectivity index (χ2v) is 9.68. The lowest BCUT2D eigenvalue weighted by molar-refractivity contribution is 0.204. The summed E-state index contributed by atoms with van der Waals surface area (Å²) in [5.41, 5.74) is 2.12. The van der Waals surface area contributed by atoms with Crippen LogP contribution in [0, 0.1) is 0 Å². The number of rotatable bonds is 0. The van der Waals surface area contributed by atoms with Crippen LogP contribution >= 0.6 is 11.8 Å². The molecule has 0 saturated carbocycles. The van der Waals surface area contributed by atoms with Crippen LogP contribution < -0.4 is 4.74 Å². The molecule has 0 fully saturated rings. The van der Waals surface area contributed by atoms with Gasteiger partial charge in [0.1, 0.15) is 0 Å². The fourth-order valence-electron chi connectivity index (χ4n) is 2.47. The summed E-state index contributed by atoms with van der Waals surface area (Å²) in [5.74, 6) is 0.968. The van der Waals surface area contributed by atoms with Crippen molar-refractivity contribution >= 4 is 11.8 Å². The Morgan fingerprint density at radius 3 is 1.95 bits per heavy atom. The molecule has 2 rings (SSSR count). The van der Waals surface area contributed by atoms with Crippen molar-refractivity contribution in [2.24, 2.45) is 0 Å². The standard InChI is InChI=1S/C17H26O2S/c1-15(2,3)10-9-11(16(4,5)6)14-13(12(10)18)19-17(7,8)20-14/h9,18H,1-8H3. The second kappa shape index (κ2) is 4.33. The molecule has 1 heterocycles. The van der Waals surface area contributed by atoms with Gasteiger partial charge in [0.05, 0.1) is 4.90 Å². The van der Waals surface area contributed by atoms with E-state index in [1.54, 1.807) is 11.8 Å². The van der Waals surface area contributed by atoms with E-state index in [9.17, 15) is 5.11 Å². The molecule has 3 heteroatoms. The molecule has 1 aliphatic rings. The van der Waals surface area contributed by atoms with Crippen LogP contribution in [0.15, 0.2) is 11.0 Å². The third-order valence-corrected chi connectivity index (χ3v) is 4.71. The third kappa shape index (κ3) is 2.65. The van der Waals surface area contributed by atoms with Gasteiger partial charge in [-0.25, -0.2) is 0 Å². The predicted octanol–water partition coefficient (Wildman–Crippen LogP) is 5.21. The summed E-state index contributed by atoms with van der Waals surface area (Å²) in [6.07, 6.45) is 0. The Morgan fingerprint density at radius 2 is 1.50 bits per heavy atom. The summed E-state index contributed by atoms with van der Waals surface area (Å²) in [7, 11) is 0. The molecule has 20 heavy (non-hydrogen) atoms. The SMILES string of the molecule is CC1(C)Oc2c(O)c(C(C)(C)C)cc(C(C)(C)C)c2S1. The van der Waals surface area contributed by atoms with E-state index in [4.69, 9.17) is 4.74 Å². The van der Waals surface area contributed by atoms with Crippen LogP contribution in [0.3, 0.4) is 0 Å². The van der Waals surface area contributed by atoms with Crippen LogP contribution in [-0.4, -0.2) is 10.0 Å². The lowest BCUT2D eigenvalue weighted by atomic mass is 9.80. The average molecular weight is 294 g/mol. The lowest BCUT2D eigenvalue weighted by Gasteiger charge is -2.27. The van der Waals surface area contributed by atoms with Gasteiger partial charge >= 0.3 is 0 Å². The summed E-state index contributed by atoms with van der Waals surface area (Å²) >= 11 is 1.70. The third-order valence-electron chi connectivity index (χ3n) is 3.52. The molecule has 2 nitrogen and oxygen atoms in total. The molecule has 0 atom stereocenters. The maximum Gasteiger partial charge on any atom is 0.177 e. The Bertz CT molecular complexity index is 546. The first-order valence-corrected chi connectivity index (χ1v) is 7.93. The molecule has 0 aromatic heterocycles. The Labute approximate surface area is 126 Å². The molecule has 1 aromatic rings. The van der Waals surface area contributed by atoms with Gasteiger partial charge in [0.25, 0.3) is 0 Å². The number of aromatic hydroxyl groups is 1.